The maximum absolute atomic E-state index is 10.4. The van der Waals surface area contributed by atoms with Crippen LogP contribution in [0.1, 0.15) is 25.3 Å². The summed E-state index contributed by atoms with van der Waals surface area (Å²) < 4.78 is 2.38. The quantitative estimate of drug-likeness (QED) is 0.806. The van der Waals surface area contributed by atoms with Crippen molar-refractivity contribution in [2.24, 2.45) is 0 Å². The fourth-order valence-electron chi connectivity index (χ4n) is 3.67. The largest absolute Gasteiger partial charge is 0.390 e. The first-order valence-corrected chi connectivity index (χ1v) is 7.54. The van der Waals surface area contributed by atoms with Crippen LogP contribution in [-0.4, -0.2) is 28.9 Å². The molecule has 20 heavy (non-hydrogen) atoms. The van der Waals surface area contributed by atoms with Crippen LogP contribution in [0, 0.1) is 0 Å². The second-order valence-electron chi connectivity index (χ2n) is 5.80. The number of hydrogen-bond donors (Lipinski definition) is 2. The van der Waals surface area contributed by atoms with Crippen molar-refractivity contribution in [2.45, 2.75) is 31.4 Å². The van der Waals surface area contributed by atoms with Crippen molar-refractivity contribution >= 4 is 23.1 Å². The lowest BCUT2D eigenvalue weighted by atomic mass is 10.0. The molecule has 2 unspecified atom stereocenters. The fourth-order valence-corrected chi connectivity index (χ4v) is 3.67. The third kappa shape index (κ3) is 1.74. The molecule has 1 saturated heterocycles. The first kappa shape index (κ1) is 12.2. The van der Waals surface area contributed by atoms with Crippen LogP contribution in [0.2, 0.25) is 0 Å². The van der Waals surface area contributed by atoms with Gasteiger partial charge in [0, 0.05) is 28.0 Å². The number of nitrogens with one attached hydrogen (secondary N) is 1. The average Bonchev–Trinajstić information content (AvgIpc) is 2.83. The number of β-amino-alcohol motifs (C(OH)–C–C–N with tert-alkyl or cyclic N) is 1. The molecule has 1 aliphatic carbocycles. The monoisotopic (exact) mass is 268 g/mol. The van der Waals surface area contributed by atoms with Crippen molar-refractivity contribution in [1.82, 2.24) is 9.88 Å². The highest BCUT2D eigenvalue weighted by Gasteiger charge is 2.26. The Kier molecular flexibility index (Phi) is 2.90. The van der Waals surface area contributed by atoms with Gasteiger partial charge in [0.25, 0.3) is 0 Å². The van der Waals surface area contributed by atoms with E-state index in [4.69, 9.17) is 0 Å². The lowest BCUT2D eigenvalue weighted by Gasteiger charge is -2.30. The number of nitrogens with zero attached hydrogens (tertiary/aromatic N) is 1. The molecule has 2 aromatic rings. The third-order valence-corrected chi connectivity index (χ3v) is 4.59. The number of aliphatic hydroxyl groups excluding tert-OH is 1. The van der Waals surface area contributed by atoms with Crippen molar-refractivity contribution < 1.29 is 5.11 Å². The molecule has 3 heteroatoms. The normalized spacial score (nSPS) is 25.9. The van der Waals surface area contributed by atoms with Crippen molar-refractivity contribution in [1.29, 1.82) is 0 Å². The number of aliphatic hydroxyl groups is 1. The Labute approximate surface area is 118 Å². The van der Waals surface area contributed by atoms with E-state index in [1.807, 2.05) is 0 Å². The maximum Gasteiger partial charge on any atom is 0.0872 e. The molecular formula is C17H20N2O. The first-order chi connectivity index (χ1) is 9.86. The van der Waals surface area contributed by atoms with Gasteiger partial charge in [0.2, 0.25) is 0 Å². The van der Waals surface area contributed by atoms with E-state index in [1.54, 1.807) is 0 Å². The zero-order chi connectivity index (χ0) is 13.5. The second-order valence-corrected chi connectivity index (χ2v) is 5.80. The highest BCUT2D eigenvalue weighted by atomic mass is 16.3. The highest BCUT2D eigenvalue weighted by molar-refractivity contribution is 5.82. The number of hydrogen-bond acceptors (Lipinski definition) is 2. The van der Waals surface area contributed by atoms with Gasteiger partial charge in [-0.2, -0.15) is 0 Å². The topological polar surface area (TPSA) is 37.2 Å². The van der Waals surface area contributed by atoms with Crippen molar-refractivity contribution in [2.75, 3.05) is 13.1 Å². The molecule has 0 radical (unpaired) electrons. The number of benzene rings is 1. The predicted octanol–water partition coefficient (Wildman–Crippen LogP) is 0.891. The zero-order valence-electron chi connectivity index (χ0n) is 11.5. The molecule has 0 saturated carbocycles. The molecule has 0 spiro atoms. The molecule has 104 valence electrons. The summed E-state index contributed by atoms with van der Waals surface area (Å²) in [7, 11) is 0. The van der Waals surface area contributed by atoms with E-state index >= 15 is 0 Å². The molecule has 1 aromatic carbocycles. The van der Waals surface area contributed by atoms with Crippen molar-refractivity contribution in [3.05, 3.63) is 34.8 Å². The molecular weight excluding hydrogens is 248 g/mol. The Morgan fingerprint density at radius 2 is 2.00 bits per heavy atom. The van der Waals surface area contributed by atoms with E-state index in [1.165, 1.54) is 21.5 Å². The van der Waals surface area contributed by atoms with Gasteiger partial charge in [0.1, 0.15) is 0 Å². The standard InChI is InChI=1S/C17H20N2O/c20-17-11-18-10-9-16(17)19-14-7-3-1-5-12(14)13-6-2-4-8-15(13)19/h1,3,5-8,16-18,20H,2,4,9-11H2. The minimum atomic E-state index is -0.306. The molecule has 0 amide bonds. The Hall–Kier alpha value is -1.58. The first-order valence-electron chi connectivity index (χ1n) is 7.54. The third-order valence-electron chi connectivity index (χ3n) is 4.59. The summed E-state index contributed by atoms with van der Waals surface area (Å²) >= 11 is 0. The fraction of sp³-hybridized carbons (Fsp3) is 0.412. The minimum absolute atomic E-state index is 0.188. The number of aromatic nitrogens is 1. The minimum Gasteiger partial charge on any atom is -0.390 e. The van der Waals surface area contributed by atoms with E-state index in [0.717, 1.165) is 25.8 Å². The van der Waals surface area contributed by atoms with Gasteiger partial charge in [-0.1, -0.05) is 30.4 Å². The second kappa shape index (κ2) is 4.76. The number of fused-ring (bicyclic) bond motifs is 3. The number of piperidine rings is 1. The summed E-state index contributed by atoms with van der Waals surface area (Å²) in [6.07, 6.45) is 7.59. The van der Waals surface area contributed by atoms with Gasteiger partial charge in [-0.05, 0) is 31.9 Å². The molecule has 1 aromatic heterocycles. The van der Waals surface area contributed by atoms with Gasteiger partial charge in [-0.3, -0.25) is 0 Å². The van der Waals surface area contributed by atoms with Gasteiger partial charge >= 0.3 is 0 Å². The molecule has 1 aliphatic heterocycles. The van der Waals surface area contributed by atoms with Gasteiger partial charge < -0.3 is 15.0 Å². The molecule has 2 N–H and O–H groups in total. The maximum atomic E-state index is 10.4. The average molecular weight is 268 g/mol. The Morgan fingerprint density at radius 3 is 2.90 bits per heavy atom. The Morgan fingerprint density at radius 1 is 1.15 bits per heavy atom. The molecule has 3 nitrogen and oxygen atoms in total. The van der Waals surface area contributed by atoms with Crippen LogP contribution in [0.25, 0.3) is 23.1 Å². The van der Waals surface area contributed by atoms with Gasteiger partial charge in [-0.25, -0.2) is 0 Å². The molecule has 4 rings (SSSR count). The molecule has 2 atom stereocenters. The van der Waals surface area contributed by atoms with Gasteiger partial charge in [-0.15, -0.1) is 0 Å². The summed E-state index contributed by atoms with van der Waals surface area (Å²) in [5.74, 6) is 0. The summed E-state index contributed by atoms with van der Waals surface area (Å²) in [5.41, 5.74) is 1.26. The summed E-state index contributed by atoms with van der Waals surface area (Å²) in [6, 6.07) is 8.77. The highest BCUT2D eigenvalue weighted by Crippen LogP contribution is 2.22. The number of para-hydroxylation sites is 1. The summed E-state index contributed by atoms with van der Waals surface area (Å²) in [5, 5.41) is 17.7. The van der Waals surface area contributed by atoms with Crippen LogP contribution >= 0.6 is 0 Å². The SMILES string of the molecule is OC1CNCCC1n1c2c(c3ccccc31)=CCCC=2. The zero-order valence-corrected chi connectivity index (χ0v) is 11.5. The van der Waals surface area contributed by atoms with Crippen LogP contribution in [0.5, 0.6) is 0 Å². The van der Waals surface area contributed by atoms with Crippen LogP contribution in [-0.2, 0) is 0 Å². The van der Waals surface area contributed by atoms with E-state index in [9.17, 15) is 5.11 Å². The van der Waals surface area contributed by atoms with Gasteiger partial charge in [0.05, 0.1) is 12.1 Å². The smallest absolute Gasteiger partial charge is 0.0872 e. The molecule has 1 fully saturated rings. The number of rotatable bonds is 1. The van der Waals surface area contributed by atoms with E-state index in [0.29, 0.717) is 6.54 Å². The van der Waals surface area contributed by atoms with E-state index in [-0.39, 0.29) is 12.1 Å². The molecule has 2 heterocycles. The predicted molar refractivity (Wildman–Crippen MR) is 81.9 cm³/mol. The summed E-state index contributed by atoms with van der Waals surface area (Å²) in [6.45, 7) is 1.67. The Balaban J connectivity index is 2.04. The summed E-state index contributed by atoms with van der Waals surface area (Å²) in [4.78, 5) is 0. The van der Waals surface area contributed by atoms with Crippen LogP contribution in [0.4, 0.5) is 0 Å². The molecule has 2 aliphatic rings. The van der Waals surface area contributed by atoms with Crippen LogP contribution in [0.3, 0.4) is 0 Å². The lowest BCUT2D eigenvalue weighted by Crippen LogP contribution is -2.45. The Bertz CT molecular complexity index is 759. The molecule has 0 bridgehead atoms. The van der Waals surface area contributed by atoms with Gasteiger partial charge in [0.15, 0.2) is 0 Å². The lowest BCUT2D eigenvalue weighted by molar-refractivity contribution is 0.0881. The van der Waals surface area contributed by atoms with Crippen LogP contribution < -0.4 is 15.9 Å². The van der Waals surface area contributed by atoms with E-state index < -0.39 is 0 Å². The van der Waals surface area contributed by atoms with E-state index in [2.05, 4.69) is 46.3 Å². The van der Waals surface area contributed by atoms with Crippen molar-refractivity contribution in [3.63, 3.8) is 0 Å². The van der Waals surface area contributed by atoms with Crippen LogP contribution in [0.15, 0.2) is 24.3 Å². The van der Waals surface area contributed by atoms with Crippen molar-refractivity contribution in [3.8, 4) is 0 Å².